The van der Waals surface area contributed by atoms with Crippen LogP contribution in [-0.4, -0.2) is 28.2 Å². The Morgan fingerprint density at radius 2 is 2.33 bits per heavy atom. The summed E-state index contributed by atoms with van der Waals surface area (Å²) >= 11 is -0.214. The van der Waals surface area contributed by atoms with Crippen LogP contribution >= 0.6 is 0 Å². The van der Waals surface area contributed by atoms with Crippen LogP contribution in [0.2, 0.25) is 4.44 Å². The first-order chi connectivity index (χ1) is 3.00. The van der Waals surface area contributed by atoms with Gasteiger partial charge in [0, 0.05) is 0 Å². The predicted molar refractivity (Wildman–Crippen MR) is 25.7 cm³/mol. The summed E-state index contributed by atoms with van der Waals surface area (Å²) in [5.41, 5.74) is 0. The molecule has 1 aliphatic rings. The summed E-state index contributed by atoms with van der Waals surface area (Å²) in [5.74, 6) is 0. The van der Waals surface area contributed by atoms with Gasteiger partial charge in [0.15, 0.2) is 0 Å². The molecule has 0 bridgehead atoms. The molecule has 0 aromatic rings. The van der Waals surface area contributed by atoms with Gasteiger partial charge in [0.2, 0.25) is 0 Å². The maximum atomic E-state index is 5.24. The molecular weight excluding hydrogens is 183 g/mol. The van der Waals surface area contributed by atoms with E-state index in [1.54, 1.807) is 0 Å². The van der Waals surface area contributed by atoms with Gasteiger partial charge in [-0.2, -0.15) is 0 Å². The van der Waals surface area contributed by atoms with Crippen LogP contribution < -0.4 is 0 Å². The molecule has 1 saturated heterocycles. The van der Waals surface area contributed by atoms with Crippen LogP contribution in [0.5, 0.6) is 0 Å². The Balaban J connectivity index is 2.00. The van der Waals surface area contributed by atoms with Crippen molar-refractivity contribution in [1.82, 2.24) is 0 Å². The van der Waals surface area contributed by atoms with Gasteiger partial charge < -0.3 is 0 Å². The van der Waals surface area contributed by atoms with Gasteiger partial charge in [-0.05, 0) is 0 Å². The molecule has 0 unspecified atom stereocenters. The van der Waals surface area contributed by atoms with Crippen LogP contribution in [0.1, 0.15) is 12.8 Å². The average molecular weight is 191 g/mol. The molecule has 0 saturated carbocycles. The molecule has 0 amide bonds. The van der Waals surface area contributed by atoms with Gasteiger partial charge in [0.25, 0.3) is 0 Å². The van der Waals surface area contributed by atoms with Crippen LogP contribution in [0.3, 0.4) is 0 Å². The van der Waals surface area contributed by atoms with Crippen LogP contribution in [0.25, 0.3) is 0 Å². The Hall–Kier alpha value is 0.759. The molecule has 0 aliphatic carbocycles. The molecule has 1 heterocycles. The second-order valence-corrected chi connectivity index (χ2v) is 4.52. The molecular formula is C4H8OSn. The van der Waals surface area contributed by atoms with E-state index < -0.39 is 0 Å². The van der Waals surface area contributed by atoms with E-state index in [-0.39, 0.29) is 21.6 Å². The molecule has 0 aromatic heterocycles. The van der Waals surface area contributed by atoms with Crippen molar-refractivity contribution in [1.29, 1.82) is 0 Å². The first-order valence-electron chi connectivity index (χ1n) is 2.35. The molecule has 0 spiro atoms. The average Bonchev–Trinajstić information content (AvgIpc) is 1.72. The summed E-state index contributed by atoms with van der Waals surface area (Å²) in [5, 5.41) is 0. The van der Waals surface area contributed by atoms with E-state index in [0.717, 1.165) is 6.61 Å². The minimum absolute atomic E-state index is 0.214. The van der Waals surface area contributed by atoms with Crippen molar-refractivity contribution >= 4 is 21.6 Å². The third-order valence-electron chi connectivity index (χ3n) is 0.877. The quantitative estimate of drug-likeness (QED) is 0.515. The van der Waals surface area contributed by atoms with Gasteiger partial charge >= 0.3 is 48.5 Å². The van der Waals surface area contributed by atoms with Gasteiger partial charge in [0.05, 0.1) is 0 Å². The summed E-state index contributed by atoms with van der Waals surface area (Å²) in [6.45, 7) is 1.08. The summed E-state index contributed by atoms with van der Waals surface area (Å²) in [7, 11) is 0. The fraction of sp³-hybridized carbons (Fsp3) is 1.00. The second kappa shape index (κ2) is 2.85. The third-order valence-corrected chi connectivity index (χ3v) is 3.63. The standard InChI is InChI=1S/C4H8O.Sn/c1-2-3-4-5;/h1-4H2;/q-1;+1. The van der Waals surface area contributed by atoms with Crippen molar-refractivity contribution in [2.24, 2.45) is 0 Å². The Labute approximate surface area is 48.8 Å². The van der Waals surface area contributed by atoms with Crippen molar-refractivity contribution < 1.29 is 3.07 Å². The van der Waals surface area contributed by atoms with E-state index >= 15 is 0 Å². The number of hydrogen-bond donors (Lipinski definition) is 0. The monoisotopic (exact) mass is 192 g/mol. The fourth-order valence-corrected chi connectivity index (χ4v) is 2.88. The van der Waals surface area contributed by atoms with Gasteiger partial charge in [-0.15, -0.1) is 0 Å². The topological polar surface area (TPSA) is 9.23 Å². The zero-order chi connectivity index (χ0) is 4.24. The van der Waals surface area contributed by atoms with Gasteiger partial charge in [-0.3, -0.25) is 0 Å². The molecule has 1 nitrogen and oxygen atoms in total. The van der Waals surface area contributed by atoms with E-state index in [4.69, 9.17) is 3.07 Å². The van der Waals surface area contributed by atoms with Gasteiger partial charge in [-0.1, -0.05) is 0 Å². The first-order valence-corrected chi connectivity index (χ1v) is 5.53. The Kier molecular flexibility index (Phi) is 2.33. The number of rotatable bonds is 0. The van der Waals surface area contributed by atoms with E-state index in [0.29, 0.717) is 0 Å². The normalized spacial score (nSPS) is 24.0. The van der Waals surface area contributed by atoms with Crippen molar-refractivity contribution in [3.05, 3.63) is 0 Å². The Morgan fingerprint density at radius 3 is 2.50 bits per heavy atom. The SMILES string of the molecule is C1C[CH2][Sn][O]C1. The summed E-state index contributed by atoms with van der Waals surface area (Å²) in [4.78, 5) is 0. The fourth-order valence-electron chi connectivity index (χ4n) is 0.516. The van der Waals surface area contributed by atoms with Crippen LogP contribution in [-0.2, 0) is 3.07 Å². The molecule has 34 valence electrons. The van der Waals surface area contributed by atoms with Crippen molar-refractivity contribution in [2.75, 3.05) is 6.61 Å². The zero-order valence-corrected chi connectivity index (χ0v) is 6.59. The summed E-state index contributed by atoms with van der Waals surface area (Å²) in [6.07, 6.45) is 2.77. The molecule has 2 radical (unpaired) electrons. The molecule has 1 aliphatic heterocycles. The van der Waals surface area contributed by atoms with Gasteiger partial charge in [0.1, 0.15) is 0 Å². The molecule has 1 fully saturated rings. The summed E-state index contributed by atoms with van der Waals surface area (Å²) < 4.78 is 6.69. The predicted octanol–water partition coefficient (Wildman–Crippen LogP) is 0.834. The van der Waals surface area contributed by atoms with Crippen LogP contribution in [0.4, 0.5) is 0 Å². The van der Waals surface area contributed by atoms with E-state index in [1.165, 1.54) is 17.3 Å². The Morgan fingerprint density at radius 1 is 1.33 bits per heavy atom. The van der Waals surface area contributed by atoms with E-state index in [2.05, 4.69) is 0 Å². The van der Waals surface area contributed by atoms with Crippen LogP contribution in [0, 0.1) is 0 Å². The third kappa shape index (κ3) is 1.47. The molecule has 0 aromatic carbocycles. The molecule has 6 heavy (non-hydrogen) atoms. The van der Waals surface area contributed by atoms with Gasteiger partial charge in [-0.25, -0.2) is 0 Å². The van der Waals surface area contributed by atoms with E-state index in [9.17, 15) is 0 Å². The van der Waals surface area contributed by atoms with Crippen LogP contribution in [0.15, 0.2) is 0 Å². The molecule has 0 atom stereocenters. The van der Waals surface area contributed by atoms with Crippen molar-refractivity contribution in [3.8, 4) is 0 Å². The van der Waals surface area contributed by atoms with Crippen molar-refractivity contribution in [3.63, 3.8) is 0 Å². The molecule has 2 heteroatoms. The molecule has 1 rings (SSSR count). The van der Waals surface area contributed by atoms with Crippen molar-refractivity contribution in [2.45, 2.75) is 17.3 Å². The van der Waals surface area contributed by atoms with E-state index in [1.807, 2.05) is 0 Å². The maximum absolute atomic E-state index is 5.24. The first kappa shape index (κ1) is 4.91. The Bertz CT molecular complexity index is 23.0. The number of hydrogen-bond acceptors (Lipinski definition) is 1. The second-order valence-electron chi connectivity index (χ2n) is 1.45. The summed E-state index contributed by atoms with van der Waals surface area (Å²) in [6, 6.07) is 0. The zero-order valence-electron chi connectivity index (χ0n) is 3.74. The minimum atomic E-state index is -0.214. The molecule has 0 N–H and O–H groups in total.